The van der Waals surface area contributed by atoms with E-state index in [-0.39, 0.29) is 22.1 Å². The van der Waals surface area contributed by atoms with Crippen molar-refractivity contribution in [2.45, 2.75) is 21.5 Å². The Labute approximate surface area is 154 Å². The Bertz CT molecular complexity index is 848. The molecule has 2 unspecified atom stereocenters. The van der Waals surface area contributed by atoms with Gasteiger partial charge in [0.15, 0.2) is 5.78 Å². The summed E-state index contributed by atoms with van der Waals surface area (Å²) in [5.41, 5.74) is 0.384. The van der Waals surface area contributed by atoms with Crippen LogP contribution in [0.5, 0.6) is 0 Å². The molecule has 0 aromatic heterocycles. The van der Waals surface area contributed by atoms with Crippen molar-refractivity contribution in [3.63, 3.8) is 0 Å². The van der Waals surface area contributed by atoms with Crippen LogP contribution in [0.15, 0.2) is 46.0 Å². The number of alkyl halides is 2. The number of nitrogens with zero attached hydrogens (tertiary/aromatic N) is 2. The van der Waals surface area contributed by atoms with E-state index in [0.29, 0.717) is 5.57 Å². The highest BCUT2D eigenvalue weighted by Crippen LogP contribution is 2.26. The minimum absolute atomic E-state index is 0.144. The molecule has 0 bridgehead atoms. The largest absolute Gasteiger partial charge is 0.358 e. The van der Waals surface area contributed by atoms with Gasteiger partial charge in [-0.05, 0) is 30.7 Å². The summed E-state index contributed by atoms with van der Waals surface area (Å²) in [6.45, 7) is 1.58. The Kier molecular flexibility index (Phi) is 5.56. The van der Waals surface area contributed by atoms with E-state index in [1.165, 1.54) is 6.08 Å². The van der Waals surface area contributed by atoms with E-state index in [1.807, 2.05) is 0 Å². The molecule has 0 aliphatic heterocycles. The highest BCUT2D eigenvalue weighted by molar-refractivity contribution is 9.12. The van der Waals surface area contributed by atoms with Gasteiger partial charge in [-0.15, -0.1) is 0 Å². The lowest BCUT2D eigenvalue weighted by atomic mass is 9.98. The van der Waals surface area contributed by atoms with Crippen LogP contribution in [0, 0.1) is 10.1 Å². The molecule has 0 radical (unpaired) electrons. The summed E-state index contributed by atoms with van der Waals surface area (Å²) in [5.74, 6) is -0.144. The number of oxime groups is 1. The van der Waals surface area contributed by atoms with Gasteiger partial charge in [0.05, 0.1) is 20.3 Å². The SMILES string of the molecule is CC1=C/C(=N/OS(=O)(=O)c2ccc([N+](=O)[O-])cc2)C(Br)C(Br)C1=O. The first-order valence-electron chi connectivity index (χ1n) is 6.40. The van der Waals surface area contributed by atoms with Crippen LogP contribution >= 0.6 is 31.9 Å². The van der Waals surface area contributed by atoms with E-state index < -0.39 is 24.7 Å². The molecule has 1 aliphatic carbocycles. The lowest BCUT2D eigenvalue weighted by molar-refractivity contribution is -0.384. The maximum Gasteiger partial charge on any atom is 0.358 e. The number of nitro groups is 1. The van der Waals surface area contributed by atoms with Crippen molar-refractivity contribution in [1.29, 1.82) is 0 Å². The fraction of sp³-hybridized carbons (Fsp3) is 0.231. The molecule has 24 heavy (non-hydrogen) atoms. The van der Waals surface area contributed by atoms with Gasteiger partial charge in [-0.2, -0.15) is 8.42 Å². The lowest BCUT2D eigenvalue weighted by Gasteiger charge is -2.21. The molecule has 0 saturated heterocycles. The number of ketones is 1. The van der Waals surface area contributed by atoms with Crippen molar-refractivity contribution >= 4 is 59.2 Å². The Morgan fingerprint density at radius 2 is 1.79 bits per heavy atom. The van der Waals surface area contributed by atoms with E-state index >= 15 is 0 Å². The van der Waals surface area contributed by atoms with E-state index in [0.717, 1.165) is 24.3 Å². The third kappa shape index (κ3) is 3.90. The zero-order valence-corrected chi connectivity index (χ0v) is 16.0. The van der Waals surface area contributed by atoms with Crippen molar-refractivity contribution in [2.24, 2.45) is 5.16 Å². The molecule has 0 heterocycles. The molecule has 0 N–H and O–H groups in total. The smallest absolute Gasteiger partial charge is 0.293 e. The third-order valence-electron chi connectivity index (χ3n) is 3.12. The number of halogens is 2. The molecule has 0 saturated carbocycles. The van der Waals surface area contributed by atoms with Crippen molar-refractivity contribution < 1.29 is 22.4 Å². The summed E-state index contributed by atoms with van der Waals surface area (Å²) in [6.07, 6.45) is 1.42. The number of rotatable bonds is 4. The monoisotopic (exact) mass is 480 g/mol. The van der Waals surface area contributed by atoms with Gasteiger partial charge in [0.2, 0.25) is 0 Å². The second-order valence-electron chi connectivity index (χ2n) is 4.79. The van der Waals surface area contributed by atoms with Crippen molar-refractivity contribution in [1.82, 2.24) is 0 Å². The first-order chi connectivity index (χ1) is 11.1. The summed E-state index contributed by atoms with van der Waals surface area (Å²) in [6, 6.07) is 4.21. The van der Waals surface area contributed by atoms with Gasteiger partial charge in [0, 0.05) is 12.1 Å². The van der Waals surface area contributed by atoms with Crippen molar-refractivity contribution in [3.05, 3.63) is 46.0 Å². The molecule has 128 valence electrons. The topological polar surface area (TPSA) is 116 Å². The van der Waals surface area contributed by atoms with E-state index in [2.05, 4.69) is 41.3 Å². The maximum atomic E-state index is 12.1. The molecule has 11 heteroatoms. The zero-order valence-electron chi connectivity index (χ0n) is 12.0. The van der Waals surface area contributed by atoms with Crippen LogP contribution in [0.2, 0.25) is 0 Å². The first kappa shape index (κ1) is 18.7. The predicted molar refractivity (Wildman–Crippen MR) is 93.0 cm³/mol. The molecule has 2 atom stereocenters. The number of non-ortho nitro benzene ring substituents is 1. The predicted octanol–water partition coefficient (Wildman–Crippen LogP) is 2.71. The number of nitro benzene ring substituents is 1. The van der Waals surface area contributed by atoms with E-state index in [1.54, 1.807) is 6.92 Å². The van der Waals surface area contributed by atoms with Crippen LogP contribution in [0.25, 0.3) is 0 Å². The molecule has 8 nitrogen and oxygen atoms in total. The summed E-state index contributed by atoms with van der Waals surface area (Å²) in [7, 11) is -4.23. The van der Waals surface area contributed by atoms with Crippen LogP contribution in [0.4, 0.5) is 5.69 Å². The number of hydrogen-bond acceptors (Lipinski definition) is 7. The quantitative estimate of drug-likeness (QED) is 0.370. The van der Waals surface area contributed by atoms with Crippen LogP contribution < -0.4 is 0 Å². The zero-order chi connectivity index (χ0) is 18.1. The normalized spacial score (nSPS) is 23.0. The van der Waals surface area contributed by atoms with Gasteiger partial charge in [-0.1, -0.05) is 37.0 Å². The van der Waals surface area contributed by atoms with Gasteiger partial charge in [0.1, 0.15) is 4.90 Å². The van der Waals surface area contributed by atoms with Crippen LogP contribution in [-0.2, 0) is 19.2 Å². The number of Topliss-reactive ketones (excluding diaryl/α,β-unsaturated/α-hetero) is 1. The maximum absolute atomic E-state index is 12.1. The molecule has 1 aromatic carbocycles. The Balaban J connectivity index is 2.26. The van der Waals surface area contributed by atoms with Crippen molar-refractivity contribution in [3.8, 4) is 0 Å². The van der Waals surface area contributed by atoms with Gasteiger partial charge in [-0.3, -0.25) is 19.2 Å². The molecule has 0 amide bonds. The summed E-state index contributed by atoms with van der Waals surface area (Å²) >= 11 is 6.44. The van der Waals surface area contributed by atoms with Crippen molar-refractivity contribution in [2.75, 3.05) is 0 Å². The number of hydrogen-bond donors (Lipinski definition) is 0. The minimum atomic E-state index is -4.23. The number of benzene rings is 1. The summed E-state index contributed by atoms with van der Waals surface area (Å²) in [5, 5.41) is 14.2. The number of carbonyl (C=O) groups is 1. The molecular weight excluding hydrogens is 472 g/mol. The fourth-order valence-corrected chi connectivity index (χ4v) is 3.65. The number of allylic oxidation sites excluding steroid dienone is 2. The lowest BCUT2D eigenvalue weighted by Crippen LogP contribution is -2.35. The highest BCUT2D eigenvalue weighted by Gasteiger charge is 2.33. The summed E-state index contributed by atoms with van der Waals surface area (Å²) in [4.78, 5) is 20.3. The van der Waals surface area contributed by atoms with Gasteiger partial charge in [0.25, 0.3) is 5.69 Å². The average molecular weight is 482 g/mol. The molecule has 2 rings (SSSR count). The van der Waals surface area contributed by atoms with Gasteiger partial charge in [-0.25, -0.2) is 0 Å². The third-order valence-corrected chi connectivity index (χ3v) is 6.89. The van der Waals surface area contributed by atoms with Crippen LogP contribution in [0.1, 0.15) is 6.92 Å². The molecule has 1 aromatic rings. The second-order valence-corrected chi connectivity index (χ2v) is 8.29. The summed E-state index contributed by atoms with van der Waals surface area (Å²) < 4.78 is 28.8. The molecule has 1 aliphatic rings. The van der Waals surface area contributed by atoms with E-state index in [4.69, 9.17) is 0 Å². The van der Waals surface area contributed by atoms with Crippen LogP contribution in [0.3, 0.4) is 0 Å². The Morgan fingerprint density at radius 3 is 2.33 bits per heavy atom. The highest BCUT2D eigenvalue weighted by atomic mass is 79.9. The van der Waals surface area contributed by atoms with Gasteiger partial charge < -0.3 is 0 Å². The van der Waals surface area contributed by atoms with Crippen LogP contribution in [-0.4, -0.2) is 34.5 Å². The first-order valence-corrected chi connectivity index (χ1v) is 9.64. The Morgan fingerprint density at radius 1 is 1.21 bits per heavy atom. The Hall–Kier alpha value is -1.59. The van der Waals surface area contributed by atoms with E-state index in [9.17, 15) is 23.3 Å². The molecule has 0 fully saturated rings. The standard InChI is InChI=1S/C13H10Br2N2O6S/c1-7-6-10(11(14)12(15)13(7)18)16-23-24(21,22)9-4-2-8(3-5-9)17(19)20/h2-6,11-12H,1H3/b16-10-. The number of carbonyl (C=O) groups excluding carboxylic acids is 1. The molecule has 0 spiro atoms. The fourth-order valence-electron chi connectivity index (χ4n) is 1.82. The average Bonchev–Trinajstić information content (AvgIpc) is 2.55. The molecular formula is C13H10Br2N2O6S. The minimum Gasteiger partial charge on any atom is -0.293 e. The second kappa shape index (κ2) is 7.11. The van der Waals surface area contributed by atoms with Gasteiger partial charge >= 0.3 is 10.1 Å².